The van der Waals surface area contributed by atoms with Crippen LogP contribution < -0.4 is 0 Å². The average molecular weight is 267 g/mol. The zero-order chi connectivity index (χ0) is 14.4. The average Bonchev–Trinajstić information content (AvgIpc) is 2.65. The summed E-state index contributed by atoms with van der Waals surface area (Å²) in [6.45, 7) is 7.92. The number of hydrogen-bond acceptors (Lipinski definition) is 4. The van der Waals surface area contributed by atoms with Crippen LogP contribution in [0.1, 0.15) is 58.8 Å². The molecule has 0 saturated heterocycles. The number of H-pyrrole nitrogens is 1. The van der Waals surface area contributed by atoms with Crippen LogP contribution in [0.2, 0.25) is 0 Å². The second-order valence-electron chi connectivity index (χ2n) is 4.33. The van der Waals surface area contributed by atoms with Crippen molar-refractivity contribution in [1.29, 1.82) is 0 Å². The molecule has 0 saturated carbocycles. The lowest BCUT2D eigenvalue weighted by Crippen LogP contribution is -2.10. The van der Waals surface area contributed by atoms with E-state index in [1.54, 1.807) is 20.8 Å². The van der Waals surface area contributed by atoms with Crippen LogP contribution in [-0.4, -0.2) is 30.1 Å². The molecule has 1 rings (SSSR count). The molecule has 5 nitrogen and oxygen atoms in total. The molecular weight excluding hydrogens is 246 g/mol. The fourth-order valence-electron chi connectivity index (χ4n) is 1.84. The lowest BCUT2D eigenvalue weighted by Gasteiger charge is -2.04. The normalized spacial score (nSPS) is 10.3. The van der Waals surface area contributed by atoms with Gasteiger partial charge in [0.05, 0.1) is 18.8 Å². The smallest absolute Gasteiger partial charge is 0.355 e. The van der Waals surface area contributed by atoms with Gasteiger partial charge in [0.15, 0.2) is 0 Å². The maximum atomic E-state index is 11.9. The van der Waals surface area contributed by atoms with Crippen molar-refractivity contribution < 1.29 is 19.1 Å². The molecule has 1 heterocycles. The van der Waals surface area contributed by atoms with E-state index in [1.165, 1.54) is 0 Å². The molecule has 19 heavy (non-hydrogen) atoms. The van der Waals surface area contributed by atoms with Crippen LogP contribution >= 0.6 is 0 Å². The molecule has 1 aromatic heterocycles. The highest BCUT2D eigenvalue weighted by Gasteiger charge is 2.23. The van der Waals surface area contributed by atoms with Crippen molar-refractivity contribution in [2.24, 2.45) is 0 Å². The molecule has 5 heteroatoms. The molecular formula is C14H21NO4. The summed E-state index contributed by atoms with van der Waals surface area (Å²) in [6, 6.07) is 0. The van der Waals surface area contributed by atoms with Crippen molar-refractivity contribution in [1.82, 2.24) is 4.98 Å². The summed E-state index contributed by atoms with van der Waals surface area (Å²) in [5.74, 6) is -0.842. The Morgan fingerprint density at radius 3 is 2.37 bits per heavy atom. The van der Waals surface area contributed by atoms with E-state index in [4.69, 9.17) is 9.47 Å². The molecule has 0 aromatic carbocycles. The number of ether oxygens (including phenoxy) is 2. The van der Waals surface area contributed by atoms with E-state index in [-0.39, 0.29) is 0 Å². The molecule has 0 aliphatic heterocycles. The minimum absolute atomic E-state index is 0.305. The molecule has 106 valence electrons. The van der Waals surface area contributed by atoms with Gasteiger partial charge in [0.1, 0.15) is 5.69 Å². The van der Waals surface area contributed by atoms with Gasteiger partial charge in [-0.3, -0.25) is 0 Å². The van der Waals surface area contributed by atoms with Gasteiger partial charge in [-0.15, -0.1) is 0 Å². The van der Waals surface area contributed by atoms with Gasteiger partial charge in [-0.25, -0.2) is 9.59 Å². The molecule has 0 fully saturated rings. The topological polar surface area (TPSA) is 68.4 Å². The SMILES string of the molecule is CCCCOC(=O)c1[nH]c(C)c(C(=O)OCC)c1C. The molecule has 0 amide bonds. The van der Waals surface area contributed by atoms with Crippen LogP contribution in [0.15, 0.2) is 0 Å². The van der Waals surface area contributed by atoms with E-state index >= 15 is 0 Å². The van der Waals surface area contributed by atoms with E-state index in [0.717, 1.165) is 12.8 Å². The van der Waals surface area contributed by atoms with Gasteiger partial charge in [-0.05, 0) is 32.8 Å². The Hall–Kier alpha value is -1.78. The first kappa shape index (κ1) is 15.3. The van der Waals surface area contributed by atoms with E-state index in [9.17, 15) is 9.59 Å². The number of nitrogens with one attached hydrogen (secondary N) is 1. The summed E-state index contributed by atoms with van der Waals surface area (Å²) in [4.78, 5) is 26.6. The lowest BCUT2D eigenvalue weighted by molar-refractivity contribution is 0.0492. The third kappa shape index (κ3) is 3.59. The van der Waals surface area contributed by atoms with E-state index < -0.39 is 11.9 Å². The summed E-state index contributed by atoms with van der Waals surface area (Å²) in [6.07, 6.45) is 1.79. The van der Waals surface area contributed by atoms with Gasteiger partial charge in [0, 0.05) is 5.69 Å². The largest absolute Gasteiger partial charge is 0.462 e. The standard InChI is InChI=1S/C14H21NO4/c1-5-7-8-19-14(17)12-9(3)11(10(4)15-12)13(16)18-6-2/h15H,5-8H2,1-4H3. The third-order valence-corrected chi connectivity index (χ3v) is 2.85. The Kier molecular flexibility index (Phi) is 5.60. The number of esters is 2. The summed E-state index contributed by atoms with van der Waals surface area (Å²) in [5, 5.41) is 0. The van der Waals surface area contributed by atoms with Gasteiger partial charge in [0.2, 0.25) is 0 Å². The first-order valence-electron chi connectivity index (χ1n) is 6.56. The Balaban J connectivity index is 2.89. The Morgan fingerprint density at radius 1 is 1.11 bits per heavy atom. The number of aryl methyl sites for hydroxylation is 1. The minimum atomic E-state index is -0.426. The lowest BCUT2D eigenvalue weighted by atomic mass is 10.1. The van der Waals surface area contributed by atoms with Crippen LogP contribution in [0, 0.1) is 13.8 Å². The number of unbranched alkanes of at least 4 members (excludes halogenated alkanes) is 1. The van der Waals surface area contributed by atoms with Crippen molar-refractivity contribution in [2.75, 3.05) is 13.2 Å². The molecule has 0 aliphatic rings. The molecule has 0 spiro atoms. The summed E-state index contributed by atoms with van der Waals surface area (Å²) in [7, 11) is 0. The summed E-state index contributed by atoms with van der Waals surface area (Å²) >= 11 is 0. The van der Waals surface area contributed by atoms with Crippen molar-refractivity contribution in [3.05, 3.63) is 22.5 Å². The van der Waals surface area contributed by atoms with Crippen LogP contribution in [0.25, 0.3) is 0 Å². The highest BCUT2D eigenvalue weighted by Crippen LogP contribution is 2.19. The van der Waals surface area contributed by atoms with Crippen molar-refractivity contribution in [3.8, 4) is 0 Å². The Labute approximate surface area is 113 Å². The van der Waals surface area contributed by atoms with Gasteiger partial charge in [-0.1, -0.05) is 13.3 Å². The van der Waals surface area contributed by atoms with E-state index in [1.807, 2.05) is 6.92 Å². The van der Waals surface area contributed by atoms with Crippen molar-refractivity contribution in [3.63, 3.8) is 0 Å². The van der Waals surface area contributed by atoms with Crippen LogP contribution in [0.4, 0.5) is 0 Å². The Morgan fingerprint density at radius 2 is 1.79 bits per heavy atom. The summed E-state index contributed by atoms with van der Waals surface area (Å²) < 4.78 is 10.1. The van der Waals surface area contributed by atoms with Gasteiger partial charge < -0.3 is 14.5 Å². The minimum Gasteiger partial charge on any atom is -0.462 e. The molecule has 0 bridgehead atoms. The maximum absolute atomic E-state index is 11.9. The maximum Gasteiger partial charge on any atom is 0.355 e. The second kappa shape index (κ2) is 6.97. The highest BCUT2D eigenvalue weighted by atomic mass is 16.5. The zero-order valence-corrected chi connectivity index (χ0v) is 12.0. The number of aromatic nitrogens is 1. The predicted molar refractivity (Wildman–Crippen MR) is 71.4 cm³/mol. The molecule has 1 N–H and O–H groups in total. The highest BCUT2D eigenvalue weighted by molar-refractivity contribution is 5.98. The molecule has 0 aliphatic carbocycles. The van der Waals surface area contributed by atoms with E-state index in [2.05, 4.69) is 4.98 Å². The first-order valence-corrected chi connectivity index (χ1v) is 6.56. The number of carbonyl (C=O) groups excluding carboxylic acids is 2. The molecule has 1 aromatic rings. The Bertz CT molecular complexity index is 462. The van der Waals surface area contributed by atoms with Crippen LogP contribution in [0.5, 0.6) is 0 Å². The first-order chi connectivity index (χ1) is 9.02. The third-order valence-electron chi connectivity index (χ3n) is 2.85. The van der Waals surface area contributed by atoms with Crippen molar-refractivity contribution >= 4 is 11.9 Å². The molecule has 0 atom stereocenters. The number of aromatic amines is 1. The second-order valence-corrected chi connectivity index (χ2v) is 4.33. The number of hydrogen-bond donors (Lipinski definition) is 1. The van der Waals surface area contributed by atoms with Gasteiger partial charge in [-0.2, -0.15) is 0 Å². The van der Waals surface area contributed by atoms with Crippen LogP contribution in [0.3, 0.4) is 0 Å². The van der Waals surface area contributed by atoms with Gasteiger partial charge >= 0.3 is 11.9 Å². The summed E-state index contributed by atoms with van der Waals surface area (Å²) in [5.41, 5.74) is 1.96. The molecule has 0 unspecified atom stereocenters. The van der Waals surface area contributed by atoms with Crippen LogP contribution in [-0.2, 0) is 9.47 Å². The predicted octanol–water partition coefficient (Wildman–Crippen LogP) is 2.77. The number of rotatable bonds is 6. The van der Waals surface area contributed by atoms with Crippen molar-refractivity contribution in [2.45, 2.75) is 40.5 Å². The fraction of sp³-hybridized carbons (Fsp3) is 0.571. The van der Waals surface area contributed by atoms with Gasteiger partial charge in [0.25, 0.3) is 0 Å². The van der Waals surface area contributed by atoms with E-state index in [0.29, 0.717) is 35.7 Å². The fourth-order valence-corrected chi connectivity index (χ4v) is 1.84. The monoisotopic (exact) mass is 267 g/mol. The molecule has 0 radical (unpaired) electrons. The quantitative estimate of drug-likeness (QED) is 0.635. The zero-order valence-electron chi connectivity index (χ0n) is 12.0. The number of carbonyl (C=O) groups is 2.